The Bertz CT molecular complexity index is 1610. The molecule has 1 unspecified atom stereocenters. The Morgan fingerprint density at radius 3 is 2.52 bits per heavy atom. The van der Waals surface area contributed by atoms with Crippen molar-refractivity contribution in [2.75, 3.05) is 6.54 Å². The van der Waals surface area contributed by atoms with Crippen LogP contribution in [0.5, 0.6) is 0 Å². The van der Waals surface area contributed by atoms with Gasteiger partial charge in [-0.15, -0.1) is 5.10 Å². The quantitative estimate of drug-likeness (QED) is 0.328. The average Bonchev–Trinajstić information content (AvgIpc) is 3.46. The highest BCUT2D eigenvalue weighted by molar-refractivity contribution is 6.30. The Labute approximate surface area is 235 Å². The number of carboxylic acid groups (broad SMARTS) is 1. The molecule has 1 amide bonds. The Morgan fingerprint density at radius 1 is 1.07 bits per heavy atom. The van der Waals surface area contributed by atoms with Gasteiger partial charge in [0.1, 0.15) is 12.4 Å². The monoisotopic (exact) mass is 555 g/mol. The van der Waals surface area contributed by atoms with Crippen LogP contribution >= 0.6 is 11.6 Å². The molecule has 10 heteroatoms. The molecule has 1 aliphatic rings. The fourth-order valence-corrected chi connectivity index (χ4v) is 5.31. The van der Waals surface area contributed by atoms with Crippen LogP contribution in [0.2, 0.25) is 5.02 Å². The molecule has 40 heavy (non-hydrogen) atoms. The second kappa shape index (κ2) is 10.9. The van der Waals surface area contributed by atoms with Crippen LogP contribution in [-0.2, 0) is 21.4 Å². The Kier molecular flexibility index (Phi) is 7.32. The van der Waals surface area contributed by atoms with Crippen LogP contribution in [0.4, 0.5) is 0 Å². The van der Waals surface area contributed by atoms with E-state index >= 15 is 0 Å². The highest BCUT2D eigenvalue weighted by Crippen LogP contribution is 2.40. The van der Waals surface area contributed by atoms with Crippen molar-refractivity contribution in [1.82, 2.24) is 25.1 Å². The fraction of sp³-hybridized carbons (Fsp3) is 0.200. The number of nitrogens with zero attached hydrogens (tertiary/aromatic N) is 5. The number of hydrogen-bond acceptors (Lipinski definition) is 6. The van der Waals surface area contributed by atoms with E-state index in [4.69, 9.17) is 11.6 Å². The third-order valence-electron chi connectivity index (χ3n) is 7.02. The predicted molar refractivity (Wildman–Crippen MR) is 149 cm³/mol. The van der Waals surface area contributed by atoms with Gasteiger partial charge in [0.15, 0.2) is 5.78 Å². The van der Waals surface area contributed by atoms with Crippen molar-refractivity contribution in [3.05, 3.63) is 112 Å². The Hall–Kier alpha value is -4.63. The van der Waals surface area contributed by atoms with Crippen molar-refractivity contribution >= 4 is 35.3 Å². The molecule has 5 rings (SSSR count). The highest BCUT2D eigenvalue weighted by atomic mass is 35.5. The summed E-state index contributed by atoms with van der Waals surface area (Å²) in [7, 11) is 0. The molecule has 4 aromatic rings. The number of fused-ring (bicyclic) bond motifs is 1. The number of rotatable bonds is 7. The summed E-state index contributed by atoms with van der Waals surface area (Å²) in [6, 6.07) is 18.3. The summed E-state index contributed by atoms with van der Waals surface area (Å²) < 4.78 is 1.47. The molecule has 1 aromatic heterocycles. The summed E-state index contributed by atoms with van der Waals surface area (Å²) in [6.45, 7) is 4.43. The van der Waals surface area contributed by atoms with Crippen molar-refractivity contribution in [3.8, 4) is 5.69 Å². The maximum Gasteiger partial charge on any atom is 0.335 e. The molecule has 0 saturated heterocycles. The molecule has 0 saturated carbocycles. The molecule has 0 spiro atoms. The van der Waals surface area contributed by atoms with Gasteiger partial charge in [0.05, 0.1) is 11.3 Å². The predicted octanol–water partition coefficient (Wildman–Crippen LogP) is 4.70. The van der Waals surface area contributed by atoms with Crippen molar-refractivity contribution < 1.29 is 19.5 Å². The van der Waals surface area contributed by atoms with Gasteiger partial charge in [0.2, 0.25) is 5.91 Å². The largest absolute Gasteiger partial charge is 0.478 e. The summed E-state index contributed by atoms with van der Waals surface area (Å²) in [4.78, 5) is 40.4. The molecule has 1 aliphatic heterocycles. The van der Waals surface area contributed by atoms with Crippen molar-refractivity contribution in [1.29, 1.82) is 0 Å². The summed E-state index contributed by atoms with van der Waals surface area (Å²) in [5.74, 6) is -1.53. The van der Waals surface area contributed by atoms with E-state index in [0.717, 1.165) is 11.1 Å². The number of carbonyl (C=O) groups is 3. The van der Waals surface area contributed by atoms with Gasteiger partial charge in [0, 0.05) is 35.0 Å². The van der Waals surface area contributed by atoms with Crippen LogP contribution < -0.4 is 0 Å². The topological polar surface area (TPSA) is 118 Å². The maximum atomic E-state index is 13.8. The van der Waals surface area contributed by atoms with E-state index in [-0.39, 0.29) is 23.7 Å². The number of Topliss-reactive ketones (excluding diaryl/α,β-unsaturated/α-hetero) is 1. The molecule has 0 fully saturated rings. The van der Waals surface area contributed by atoms with Crippen LogP contribution in [0.1, 0.15) is 52.5 Å². The molecule has 0 aliphatic carbocycles. The Balaban J connectivity index is 1.49. The summed E-state index contributed by atoms with van der Waals surface area (Å²) in [5.41, 5.74) is 3.48. The number of carboxylic acids is 1. The van der Waals surface area contributed by atoms with Crippen LogP contribution in [0.3, 0.4) is 0 Å². The van der Waals surface area contributed by atoms with E-state index in [1.54, 1.807) is 41.3 Å². The first-order chi connectivity index (χ1) is 19.1. The van der Waals surface area contributed by atoms with Crippen LogP contribution in [0.15, 0.2) is 79.1 Å². The summed E-state index contributed by atoms with van der Waals surface area (Å²) >= 11 is 6.24. The average molecular weight is 556 g/mol. The lowest BCUT2D eigenvalue weighted by molar-refractivity contribution is -0.137. The van der Waals surface area contributed by atoms with E-state index in [1.165, 1.54) is 29.2 Å². The minimum absolute atomic E-state index is 0.0462. The molecular formula is C30H26ClN5O4. The first kappa shape index (κ1) is 27.0. The van der Waals surface area contributed by atoms with E-state index in [1.807, 2.05) is 38.1 Å². The number of amides is 1. The normalized spacial score (nSPS) is 16.1. The van der Waals surface area contributed by atoms with Crippen LogP contribution in [0, 0.1) is 0 Å². The van der Waals surface area contributed by atoms with Crippen LogP contribution in [0.25, 0.3) is 11.8 Å². The molecule has 2 heterocycles. The molecule has 0 radical (unpaired) electrons. The first-order valence-corrected chi connectivity index (χ1v) is 13.0. The smallest absolute Gasteiger partial charge is 0.335 e. The molecule has 9 nitrogen and oxygen atoms in total. The molecule has 0 bridgehead atoms. The number of benzene rings is 3. The molecule has 3 aromatic carbocycles. The summed E-state index contributed by atoms with van der Waals surface area (Å²) in [6.07, 6.45) is 4.57. The molecule has 202 valence electrons. The maximum absolute atomic E-state index is 13.8. The standard InChI is InChI=1S/C30H26ClN5O4/c1-30(2)17-35(27(38)14-11-21-16-22(31)12-13-25(21)36-18-32-33-34-36)28(23-5-3-4-6-24(23)30)26(37)15-19-7-9-20(10-8-19)29(39)40/h3-14,16,18,28H,15,17H2,1-2H3,(H,39,40)/b14-11+. The minimum atomic E-state index is -1.03. The number of ketones is 1. The number of hydrogen-bond donors (Lipinski definition) is 1. The van der Waals surface area contributed by atoms with Crippen molar-refractivity contribution in [2.24, 2.45) is 0 Å². The first-order valence-electron chi connectivity index (χ1n) is 12.6. The van der Waals surface area contributed by atoms with Gasteiger partial charge in [-0.25, -0.2) is 4.79 Å². The zero-order chi connectivity index (χ0) is 28.4. The number of aromatic nitrogens is 4. The summed E-state index contributed by atoms with van der Waals surface area (Å²) in [5, 5.41) is 21.0. The van der Waals surface area contributed by atoms with E-state index in [2.05, 4.69) is 15.5 Å². The van der Waals surface area contributed by atoms with Gasteiger partial charge in [-0.05, 0) is 63.5 Å². The number of aromatic carboxylic acids is 1. The lowest BCUT2D eigenvalue weighted by atomic mass is 9.74. The molecular weight excluding hydrogens is 530 g/mol. The third-order valence-corrected chi connectivity index (χ3v) is 7.26. The van der Waals surface area contributed by atoms with E-state index < -0.39 is 17.4 Å². The van der Waals surface area contributed by atoms with Crippen molar-refractivity contribution in [2.45, 2.75) is 31.7 Å². The zero-order valence-corrected chi connectivity index (χ0v) is 22.6. The second-order valence-electron chi connectivity index (χ2n) is 10.3. The molecule has 1 N–H and O–H groups in total. The van der Waals surface area contributed by atoms with Crippen LogP contribution in [-0.4, -0.2) is 54.4 Å². The van der Waals surface area contributed by atoms with Gasteiger partial charge in [-0.1, -0.05) is 61.8 Å². The third kappa shape index (κ3) is 5.41. The zero-order valence-electron chi connectivity index (χ0n) is 21.9. The Morgan fingerprint density at radius 2 is 1.82 bits per heavy atom. The lowest BCUT2D eigenvalue weighted by Crippen LogP contribution is -2.50. The van der Waals surface area contributed by atoms with Gasteiger partial charge < -0.3 is 10.0 Å². The van der Waals surface area contributed by atoms with Gasteiger partial charge in [-0.3, -0.25) is 9.59 Å². The second-order valence-corrected chi connectivity index (χ2v) is 10.7. The minimum Gasteiger partial charge on any atom is -0.478 e. The SMILES string of the molecule is CC1(C)CN(C(=O)/C=C/c2cc(Cl)ccc2-n2cnnn2)C(C(=O)Cc2ccc(C(=O)O)cc2)c2ccccc21. The van der Waals surface area contributed by atoms with E-state index in [9.17, 15) is 19.5 Å². The van der Waals surface area contributed by atoms with Crippen molar-refractivity contribution in [3.63, 3.8) is 0 Å². The van der Waals surface area contributed by atoms with Gasteiger partial charge in [0.25, 0.3) is 0 Å². The number of halogens is 1. The number of tetrazole rings is 1. The number of carbonyl (C=O) groups excluding carboxylic acids is 2. The molecule has 1 atom stereocenters. The van der Waals surface area contributed by atoms with Gasteiger partial charge in [-0.2, -0.15) is 4.68 Å². The van der Waals surface area contributed by atoms with E-state index in [0.29, 0.717) is 28.4 Å². The fourth-order valence-electron chi connectivity index (χ4n) is 5.13. The van der Waals surface area contributed by atoms with Gasteiger partial charge >= 0.3 is 5.97 Å². The lowest BCUT2D eigenvalue weighted by Gasteiger charge is -2.44. The highest BCUT2D eigenvalue weighted by Gasteiger charge is 2.42.